The molecule has 0 saturated heterocycles. The van der Waals surface area contributed by atoms with Gasteiger partial charge in [0.05, 0.1) is 7.11 Å². The Balaban J connectivity index is 1.82. The topological polar surface area (TPSA) is 33.3 Å². The molecule has 1 aromatic heterocycles. The molecule has 0 bridgehead atoms. The number of halogens is 1. The van der Waals surface area contributed by atoms with Gasteiger partial charge in [-0.25, -0.2) is 8.96 Å². The standard InChI is InChI=1S/C18H16FNO2/c1-22-18-11-15-12-20(9-7-14(15)10-17(18)21)8-6-13-2-4-16(19)5-3-13/h2-5,7,9-12H,6,8H2,1H3/p+1. The number of phenolic OH excluding ortho intramolecular Hbond substituents is 1. The van der Waals surface area contributed by atoms with Crippen LogP contribution in [-0.2, 0) is 13.0 Å². The Morgan fingerprint density at radius 2 is 1.86 bits per heavy atom. The van der Waals surface area contributed by atoms with Crippen molar-refractivity contribution in [3.05, 3.63) is 66.2 Å². The highest BCUT2D eigenvalue weighted by atomic mass is 19.1. The van der Waals surface area contributed by atoms with Gasteiger partial charge in [-0.05, 0) is 35.2 Å². The van der Waals surface area contributed by atoms with Gasteiger partial charge >= 0.3 is 0 Å². The molecule has 3 rings (SSSR count). The van der Waals surface area contributed by atoms with Crippen molar-refractivity contribution in [2.75, 3.05) is 7.11 Å². The first-order chi connectivity index (χ1) is 10.7. The van der Waals surface area contributed by atoms with E-state index >= 15 is 0 Å². The number of benzene rings is 2. The lowest BCUT2D eigenvalue weighted by Gasteiger charge is -2.05. The van der Waals surface area contributed by atoms with Crippen molar-refractivity contribution in [3.63, 3.8) is 0 Å². The molecule has 22 heavy (non-hydrogen) atoms. The molecule has 3 aromatic rings. The van der Waals surface area contributed by atoms with Crippen LogP contribution in [0, 0.1) is 5.82 Å². The molecular formula is C18H17FNO2+. The number of nitrogens with zero attached hydrogens (tertiary/aromatic N) is 1. The summed E-state index contributed by atoms with van der Waals surface area (Å²) in [5, 5.41) is 11.7. The Hall–Kier alpha value is -2.62. The molecule has 1 heterocycles. The number of aromatic nitrogens is 1. The third-order valence-corrected chi connectivity index (χ3v) is 3.71. The fourth-order valence-electron chi connectivity index (χ4n) is 2.47. The van der Waals surface area contributed by atoms with Crippen LogP contribution in [0.4, 0.5) is 4.39 Å². The van der Waals surface area contributed by atoms with Crippen molar-refractivity contribution in [2.45, 2.75) is 13.0 Å². The van der Waals surface area contributed by atoms with E-state index in [-0.39, 0.29) is 11.6 Å². The second-order valence-electron chi connectivity index (χ2n) is 5.21. The Morgan fingerprint density at radius 1 is 1.09 bits per heavy atom. The molecule has 4 heteroatoms. The zero-order chi connectivity index (χ0) is 15.5. The predicted molar refractivity (Wildman–Crippen MR) is 82.5 cm³/mol. The van der Waals surface area contributed by atoms with Crippen LogP contribution < -0.4 is 9.30 Å². The van der Waals surface area contributed by atoms with E-state index in [1.807, 2.05) is 24.5 Å². The number of phenols is 1. The van der Waals surface area contributed by atoms with Gasteiger partial charge in [-0.2, -0.15) is 0 Å². The zero-order valence-electron chi connectivity index (χ0n) is 12.3. The van der Waals surface area contributed by atoms with Crippen LogP contribution in [0.3, 0.4) is 0 Å². The van der Waals surface area contributed by atoms with Crippen molar-refractivity contribution in [2.24, 2.45) is 0 Å². The molecule has 0 atom stereocenters. The maximum absolute atomic E-state index is 12.9. The first kappa shape index (κ1) is 14.3. The maximum Gasteiger partial charge on any atom is 0.176 e. The van der Waals surface area contributed by atoms with Crippen LogP contribution in [0.15, 0.2) is 54.9 Å². The molecule has 0 spiro atoms. The van der Waals surface area contributed by atoms with Crippen LogP contribution in [0.25, 0.3) is 10.8 Å². The predicted octanol–water partition coefficient (Wildman–Crippen LogP) is 3.22. The average Bonchev–Trinajstić information content (AvgIpc) is 2.53. The minimum atomic E-state index is -0.214. The first-order valence-corrected chi connectivity index (χ1v) is 7.10. The molecule has 0 aliphatic heterocycles. The lowest BCUT2D eigenvalue weighted by Crippen LogP contribution is -2.33. The number of hydrogen-bond acceptors (Lipinski definition) is 2. The fraction of sp³-hybridized carbons (Fsp3) is 0.167. The number of hydrogen-bond donors (Lipinski definition) is 1. The number of methoxy groups -OCH3 is 1. The second-order valence-corrected chi connectivity index (χ2v) is 5.21. The summed E-state index contributed by atoms with van der Waals surface area (Å²) in [7, 11) is 1.53. The Labute approximate surface area is 128 Å². The number of fused-ring (bicyclic) bond motifs is 1. The molecule has 1 N–H and O–H groups in total. The number of aromatic hydroxyl groups is 1. The number of pyridine rings is 1. The minimum Gasteiger partial charge on any atom is -0.504 e. The van der Waals surface area contributed by atoms with Crippen LogP contribution in [-0.4, -0.2) is 12.2 Å². The van der Waals surface area contributed by atoms with Gasteiger partial charge in [-0.3, -0.25) is 0 Å². The van der Waals surface area contributed by atoms with Gasteiger partial charge in [-0.15, -0.1) is 0 Å². The third kappa shape index (κ3) is 3.01. The highest BCUT2D eigenvalue weighted by molar-refractivity contribution is 5.84. The van der Waals surface area contributed by atoms with Gasteiger partial charge in [0.1, 0.15) is 5.82 Å². The third-order valence-electron chi connectivity index (χ3n) is 3.71. The SMILES string of the molecule is COc1cc2c[n+](CCc3ccc(F)cc3)ccc2cc1O. The quantitative estimate of drug-likeness (QED) is 0.750. The Bertz CT molecular complexity index is 800. The van der Waals surface area contributed by atoms with E-state index in [9.17, 15) is 9.50 Å². The van der Waals surface area contributed by atoms with Crippen molar-refractivity contribution in [1.82, 2.24) is 0 Å². The van der Waals surface area contributed by atoms with Gasteiger partial charge in [0.2, 0.25) is 0 Å². The molecule has 0 amide bonds. The molecule has 0 unspecified atom stereocenters. The lowest BCUT2D eigenvalue weighted by atomic mass is 10.1. The van der Waals surface area contributed by atoms with Gasteiger partial charge in [0, 0.05) is 17.9 Å². The summed E-state index contributed by atoms with van der Waals surface area (Å²) in [5.41, 5.74) is 1.09. The summed E-state index contributed by atoms with van der Waals surface area (Å²) in [5.74, 6) is 0.386. The van der Waals surface area contributed by atoms with Gasteiger partial charge in [0.25, 0.3) is 0 Å². The summed E-state index contributed by atoms with van der Waals surface area (Å²) in [4.78, 5) is 0. The summed E-state index contributed by atoms with van der Waals surface area (Å²) in [6.45, 7) is 0.796. The van der Waals surface area contributed by atoms with Crippen molar-refractivity contribution in [3.8, 4) is 11.5 Å². The van der Waals surface area contributed by atoms with Gasteiger partial charge < -0.3 is 9.84 Å². The average molecular weight is 298 g/mol. The van der Waals surface area contributed by atoms with Crippen molar-refractivity contribution >= 4 is 10.8 Å². The smallest absolute Gasteiger partial charge is 0.176 e. The highest BCUT2D eigenvalue weighted by Crippen LogP contribution is 2.30. The largest absolute Gasteiger partial charge is 0.504 e. The van der Waals surface area contributed by atoms with E-state index in [4.69, 9.17) is 4.74 Å². The van der Waals surface area contributed by atoms with Crippen LogP contribution in [0.2, 0.25) is 0 Å². The number of rotatable bonds is 4. The monoisotopic (exact) mass is 298 g/mol. The molecule has 0 fully saturated rings. The zero-order valence-corrected chi connectivity index (χ0v) is 12.3. The maximum atomic E-state index is 12.9. The summed E-state index contributed by atoms with van der Waals surface area (Å²) >= 11 is 0. The van der Waals surface area contributed by atoms with Crippen molar-refractivity contribution in [1.29, 1.82) is 0 Å². The van der Waals surface area contributed by atoms with E-state index in [0.717, 1.165) is 29.3 Å². The number of ether oxygens (including phenoxy) is 1. The first-order valence-electron chi connectivity index (χ1n) is 7.10. The summed E-state index contributed by atoms with van der Waals surface area (Å²) in [6, 6.07) is 12.0. The van der Waals surface area contributed by atoms with Gasteiger partial charge in [-0.1, -0.05) is 12.1 Å². The Kier molecular flexibility index (Phi) is 3.92. The molecule has 2 aromatic carbocycles. The summed E-state index contributed by atoms with van der Waals surface area (Å²) < 4.78 is 20.1. The molecular weight excluding hydrogens is 281 g/mol. The molecule has 0 radical (unpaired) electrons. The molecule has 0 saturated carbocycles. The minimum absolute atomic E-state index is 0.138. The van der Waals surface area contributed by atoms with E-state index in [2.05, 4.69) is 4.57 Å². The van der Waals surface area contributed by atoms with E-state index in [1.54, 1.807) is 18.2 Å². The molecule has 112 valence electrons. The molecule has 0 aliphatic rings. The van der Waals surface area contributed by atoms with Gasteiger partial charge in [0.15, 0.2) is 30.4 Å². The normalized spacial score (nSPS) is 10.8. The van der Waals surface area contributed by atoms with E-state index < -0.39 is 0 Å². The van der Waals surface area contributed by atoms with E-state index in [1.165, 1.54) is 19.2 Å². The lowest BCUT2D eigenvalue weighted by molar-refractivity contribution is -0.695. The fourth-order valence-corrected chi connectivity index (χ4v) is 2.47. The Morgan fingerprint density at radius 3 is 2.59 bits per heavy atom. The van der Waals surface area contributed by atoms with Crippen LogP contribution >= 0.6 is 0 Å². The van der Waals surface area contributed by atoms with Crippen molar-refractivity contribution < 1.29 is 18.8 Å². The number of aryl methyl sites for hydroxylation is 2. The second kappa shape index (κ2) is 6.02. The van der Waals surface area contributed by atoms with E-state index in [0.29, 0.717) is 5.75 Å². The van der Waals surface area contributed by atoms with Crippen LogP contribution in [0.5, 0.6) is 11.5 Å². The summed E-state index contributed by atoms with van der Waals surface area (Å²) in [6.07, 6.45) is 4.81. The molecule has 0 aliphatic carbocycles. The highest BCUT2D eigenvalue weighted by Gasteiger charge is 2.08. The van der Waals surface area contributed by atoms with Crippen LogP contribution in [0.1, 0.15) is 5.56 Å². The molecule has 3 nitrogen and oxygen atoms in total.